The third kappa shape index (κ3) is 3.85. The number of ketones is 1. The quantitative estimate of drug-likeness (QED) is 0.867. The maximum Gasteiger partial charge on any atom is 0.433 e. The molecular formula is C14H14F3N3O2S. The summed E-state index contributed by atoms with van der Waals surface area (Å²) in [6, 6.07) is 2.06. The van der Waals surface area contributed by atoms with Gasteiger partial charge in [-0.05, 0) is 19.1 Å². The molecule has 0 spiro atoms. The van der Waals surface area contributed by atoms with Gasteiger partial charge in [0.15, 0.2) is 10.6 Å². The Labute approximate surface area is 133 Å². The lowest BCUT2D eigenvalue weighted by molar-refractivity contribution is -0.141. The first-order valence-corrected chi connectivity index (χ1v) is 7.45. The molecule has 0 amide bonds. The molecule has 0 aromatic carbocycles. The highest BCUT2D eigenvalue weighted by Crippen LogP contribution is 2.28. The largest absolute Gasteiger partial charge is 0.433 e. The van der Waals surface area contributed by atoms with Gasteiger partial charge in [0, 0.05) is 19.2 Å². The second kappa shape index (κ2) is 6.63. The summed E-state index contributed by atoms with van der Waals surface area (Å²) in [5.41, 5.74) is -0.0947. The smallest absolute Gasteiger partial charge is 0.395 e. The Kier molecular flexibility index (Phi) is 5.00. The monoisotopic (exact) mass is 345 g/mol. The molecule has 0 atom stereocenters. The summed E-state index contributed by atoms with van der Waals surface area (Å²) in [5.74, 6) is -0.133. The summed E-state index contributed by atoms with van der Waals surface area (Å²) in [6.45, 7) is 3.24. The molecule has 0 aliphatic heterocycles. The van der Waals surface area contributed by atoms with E-state index in [4.69, 9.17) is 5.11 Å². The molecule has 23 heavy (non-hydrogen) atoms. The minimum absolute atomic E-state index is 0.133. The number of carbonyl (C=O) groups is 1. The van der Waals surface area contributed by atoms with Gasteiger partial charge in [-0.25, -0.2) is 9.98 Å². The van der Waals surface area contributed by atoms with Crippen molar-refractivity contribution in [2.45, 2.75) is 26.6 Å². The Hall–Kier alpha value is -2.00. The highest BCUT2D eigenvalue weighted by Gasteiger charge is 2.32. The van der Waals surface area contributed by atoms with Gasteiger partial charge in [0.05, 0.1) is 23.4 Å². The number of nitrogens with zero attached hydrogens (tertiary/aromatic N) is 3. The van der Waals surface area contributed by atoms with Gasteiger partial charge >= 0.3 is 6.18 Å². The number of hydrogen-bond donors (Lipinski definition) is 1. The molecule has 0 bridgehead atoms. The minimum Gasteiger partial charge on any atom is -0.395 e. The first-order chi connectivity index (χ1) is 10.7. The van der Waals surface area contributed by atoms with Crippen molar-refractivity contribution in [2.75, 3.05) is 6.61 Å². The number of thiazole rings is 1. The second-order valence-corrected chi connectivity index (χ2v) is 5.72. The van der Waals surface area contributed by atoms with Gasteiger partial charge in [-0.3, -0.25) is 4.79 Å². The molecule has 0 saturated heterocycles. The zero-order valence-corrected chi connectivity index (χ0v) is 13.2. The highest BCUT2D eigenvalue weighted by molar-refractivity contribution is 7.11. The molecule has 0 aliphatic carbocycles. The summed E-state index contributed by atoms with van der Waals surface area (Å²) >= 11 is 1.12. The lowest BCUT2D eigenvalue weighted by Gasteiger charge is -2.05. The van der Waals surface area contributed by atoms with Gasteiger partial charge in [0.2, 0.25) is 0 Å². The van der Waals surface area contributed by atoms with Crippen molar-refractivity contribution in [3.05, 3.63) is 39.4 Å². The van der Waals surface area contributed by atoms with Crippen molar-refractivity contribution in [1.29, 1.82) is 0 Å². The molecule has 2 aromatic heterocycles. The number of alkyl halides is 3. The summed E-state index contributed by atoms with van der Waals surface area (Å²) in [5, 5.41) is 9.13. The number of aromatic nitrogens is 2. The summed E-state index contributed by atoms with van der Waals surface area (Å²) in [4.78, 5) is 20.1. The number of aliphatic hydroxyl groups excluding tert-OH is 1. The molecule has 0 unspecified atom stereocenters. The molecule has 0 radical (unpaired) electrons. The predicted octanol–water partition coefficient (Wildman–Crippen LogP) is 2.70. The fraction of sp³-hybridized carbons (Fsp3) is 0.357. The number of Topliss-reactive ketones (excluding diaryl/α,β-unsaturated/α-hetero) is 1. The molecule has 0 aliphatic rings. The molecule has 0 fully saturated rings. The molecule has 2 aromatic rings. The third-order valence-electron chi connectivity index (χ3n) is 3.06. The maximum atomic E-state index is 12.5. The molecule has 1 N–H and O–H groups in total. The molecule has 2 heterocycles. The van der Waals surface area contributed by atoms with Crippen LogP contribution in [0.4, 0.5) is 18.9 Å². The predicted molar refractivity (Wildman–Crippen MR) is 78.6 cm³/mol. The maximum absolute atomic E-state index is 12.5. The highest BCUT2D eigenvalue weighted by atomic mass is 32.1. The molecule has 0 saturated carbocycles. The number of pyridine rings is 1. The zero-order valence-electron chi connectivity index (χ0n) is 12.4. The summed E-state index contributed by atoms with van der Waals surface area (Å²) in [7, 11) is 0. The standard InChI is InChI=1S/C14H14F3N3O2S/c1-8-12(9(2)22)23-13(20(8)5-6-21)19-10-3-4-11(18-7-10)14(15,16)17/h3-4,7,21H,5-6H2,1-2H3/b19-13-. The van der Waals surface area contributed by atoms with Crippen molar-refractivity contribution in [3.63, 3.8) is 0 Å². The first kappa shape index (κ1) is 17.4. The van der Waals surface area contributed by atoms with Crippen LogP contribution in [0.5, 0.6) is 0 Å². The lowest BCUT2D eigenvalue weighted by Crippen LogP contribution is -2.18. The molecule has 124 valence electrons. The number of aliphatic hydroxyl groups is 1. The second-order valence-electron chi connectivity index (χ2n) is 4.74. The van der Waals surface area contributed by atoms with Crippen molar-refractivity contribution in [3.8, 4) is 0 Å². The van der Waals surface area contributed by atoms with Crippen molar-refractivity contribution in [1.82, 2.24) is 9.55 Å². The number of rotatable bonds is 4. The van der Waals surface area contributed by atoms with E-state index in [1.165, 1.54) is 13.0 Å². The van der Waals surface area contributed by atoms with Gasteiger partial charge in [-0.15, -0.1) is 0 Å². The van der Waals surface area contributed by atoms with Crippen LogP contribution < -0.4 is 4.80 Å². The first-order valence-electron chi connectivity index (χ1n) is 6.64. The molecular weight excluding hydrogens is 331 g/mol. The van der Waals surface area contributed by atoms with Crippen LogP contribution in [0.25, 0.3) is 0 Å². The Morgan fingerprint density at radius 2 is 2.13 bits per heavy atom. The number of carbonyl (C=O) groups excluding carboxylic acids is 1. The van der Waals surface area contributed by atoms with Crippen molar-refractivity contribution in [2.24, 2.45) is 4.99 Å². The third-order valence-corrected chi connectivity index (χ3v) is 4.35. The van der Waals surface area contributed by atoms with Gasteiger partial charge in [0.1, 0.15) is 5.69 Å². The molecule has 9 heteroatoms. The van der Waals surface area contributed by atoms with E-state index in [0.717, 1.165) is 23.6 Å². The topological polar surface area (TPSA) is 67.5 Å². The van der Waals surface area contributed by atoms with Crippen LogP contribution in [0.3, 0.4) is 0 Å². The fourth-order valence-electron chi connectivity index (χ4n) is 1.99. The number of halogens is 3. The van der Waals surface area contributed by atoms with Crippen molar-refractivity contribution < 1.29 is 23.1 Å². The average Bonchev–Trinajstić information content (AvgIpc) is 2.77. The Balaban J connectivity index is 2.50. The van der Waals surface area contributed by atoms with Crippen LogP contribution in [0, 0.1) is 6.92 Å². The van der Waals surface area contributed by atoms with E-state index in [0.29, 0.717) is 15.4 Å². The lowest BCUT2D eigenvalue weighted by atomic mass is 10.3. The van der Waals surface area contributed by atoms with Crippen molar-refractivity contribution >= 4 is 22.8 Å². The Morgan fingerprint density at radius 3 is 2.61 bits per heavy atom. The van der Waals surface area contributed by atoms with E-state index >= 15 is 0 Å². The molecule has 5 nitrogen and oxygen atoms in total. The molecule has 2 rings (SSSR count). The van der Waals surface area contributed by atoms with Crippen LogP contribution in [0.15, 0.2) is 23.3 Å². The summed E-state index contributed by atoms with van der Waals surface area (Å²) < 4.78 is 39.1. The Bertz CT molecular complexity index is 776. The van der Waals surface area contributed by atoms with Gasteiger partial charge < -0.3 is 9.67 Å². The fourth-order valence-corrected chi connectivity index (χ4v) is 3.06. The van der Waals surface area contributed by atoms with E-state index in [2.05, 4.69) is 9.98 Å². The Morgan fingerprint density at radius 1 is 1.43 bits per heavy atom. The van der Waals surface area contributed by atoms with Crippen LogP contribution in [0.1, 0.15) is 28.0 Å². The van der Waals surface area contributed by atoms with E-state index in [1.807, 2.05) is 0 Å². The normalized spacial score (nSPS) is 12.7. The summed E-state index contributed by atoms with van der Waals surface area (Å²) in [6.07, 6.45) is -3.48. The SMILES string of the molecule is CC(=O)c1s/c(=N\c2ccc(C(F)(F)F)nc2)n(CCO)c1C. The van der Waals surface area contributed by atoms with Crippen LogP contribution in [0.2, 0.25) is 0 Å². The van der Waals surface area contributed by atoms with Gasteiger partial charge in [0.25, 0.3) is 0 Å². The zero-order chi connectivity index (χ0) is 17.2. The van der Waals surface area contributed by atoms with E-state index in [1.54, 1.807) is 11.5 Å². The average molecular weight is 345 g/mol. The van der Waals surface area contributed by atoms with Crippen LogP contribution in [-0.4, -0.2) is 27.0 Å². The minimum atomic E-state index is -4.50. The van der Waals surface area contributed by atoms with E-state index < -0.39 is 11.9 Å². The van der Waals surface area contributed by atoms with Crippen LogP contribution >= 0.6 is 11.3 Å². The van der Waals surface area contributed by atoms with E-state index in [9.17, 15) is 18.0 Å². The van der Waals surface area contributed by atoms with Gasteiger partial charge in [-0.1, -0.05) is 11.3 Å². The van der Waals surface area contributed by atoms with E-state index in [-0.39, 0.29) is 24.6 Å². The van der Waals surface area contributed by atoms with Gasteiger partial charge in [-0.2, -0.15) is 13.2 Å². The number of hydrogen-bond acceptors (Lipinski definition) is 5. The van der Waals surface area contributed by atoms with Crippen LogP contribution in [-0.2, 0) is 12.7 Å².